The third-order valence-electron chi connectivity index (χ3n) is 6.26. The van der Waals surface area contributed by atoms with Crippen molar-refractivity contribution in [2.75, 3.05) is 39.3 Å². The number of aliphatic hydroxyl groups is 1. The maximum atomic E-state index is 13.1. The van der Waals surface area contributed by atoms with E-state index in [0.29, 0.717) is 64.3 Å². The van der Waals surface area contributed by atoms with Crippen molar-refractivity contribution in [3.05, 3.63) is 52.9 Å². The molecule has 10 heteroatoms. The molecular weight excluding hydrogens is 484 g/mol. The number of halogens is 1. The second-order valence-electron chi connectivity index (χ2n) is 9.15. The molecule has 0 aliphatic carbocycles. The number of hydrogen-bond acceptors (Lipinski definition) is 7. The summed E-state index contributed by atoms with van der Waals surface area (Å²) in [6.45, 7) is 4.57. The fourth-order valence-corrected chi connectivity index (χ4v) is 4.41. The van der Waals surface area contributed by atoms with E-state index < -0.39 is 5.60 Å². The average molecular weight is 515 g/mol. The summed E-state index contributed by atoms with van der Waals surface area (Å²) in [5.74, 6) is 0.678. The number of hydrogen-bond donors (Lipinski definition) is 4. The topological polar surface area (TPSA) is 118 Å². The van der Waals surface area contributed by atoms with Crippen LogP contribution in [0.5, 0.6) is 11.5 Å². The molecule has 1 unspecified atom stereocenters. The van der Waals surface area contributed by atoms with Gasteiger partial charge in [0.1, 0.15) is 12.4 Å². The zero-order valence-corrected chi connectivity index (χ0v) is 21.5. The average Bonchev–Trinajstić information content (AvgIpc) is 3.25. The van der Waals surface area contributed by atoms with Crippen molar-refractivity contribution >= 4 is 28.9 Å². The van der Waals surface area contributed by atoms with E-state index in [1.54, 1.807) is 31.6 Å². The first-order valence-electron chi connectivity index (χ1n) is 11.7. The normalized spacial score (nSPS) is 15.3. The van der Waals surface area contributed by atoms with Crippen LogP contribution in [0.15, 0.2) is 36.7 Å². The number of pyridine rings is 1. The summed E-state index contributed by atoms with van der Waals surface area (Å²) in [7, 11) is 3.17. The molecule has 4 N–H and O–H groups in total. The Kier molecular flexibility index (Phi) is 7.73. The molecule has 2 aromatic heterocycles. The van der Waals surface area contributed by atoms with Crippen LogP contribution in [0.3, 0.4) is 0 Å². The molecule has 0 saturated carbocycles. The lowest BCUT2D eigenvalue weighted by Crippen LogP contribution is -2.35. The van der Waals surface area contributed by atoms with Gasteiger partial charge in [-0.15, -0.1) is 0 Å². The van der Waals surface area contributed by atoms with Crippen LogP contribution in [0.25, 0.3) is 11.3 Å². The van der Waals surface area contributed by atoms with Crippen LogP contribution in [0.4, 0.5) is 11.4 Å². The van der Waals surface area contributed by atoms with Crippen molar-refractivity contribution < 1.29 is 24.1 Å². The van der Waals surface area contributed by atoms with Crippen molar-refractivity contribution in [2.45, 2.75) is 31.8 Å². The second kappa shape index (κ2) is 10.8. The molecule has 192 valence electrons. The molecule has 0 spiro atoms. The molecule has 1 aliphatic rings. The van der Waals surface area contributed by atoms with E-state index in [4.69, 9.17) is 25.8 Å². The van der Waals surface area contributed by atoms with E-state index in [0.717, 1.165) is 5.69 Å². The van der Waals surface area contributed by atoms with Crippen LogP contribution in [0, 0.1) is 0 Å². The van der Waals surface area contributed by atoms with Gasteiger partial charge in [-0.25, -0.2) is 0 Å². The second-order valence-corrected chi connectivity index (χ2v) is 9.56. The molecule has 1 amide bonds. The van der Waals surface area contributed by atoms with Gasteiger partial charge < -0.3 is 34.9 Å². The number of nitrogens with one attached hydrogen (secondary N) is 3. The molecule has 0 fully saturated rings. The Morgan fingerprint density at radius 3 is 2.81 bits per heavy atom. The highest BCUT2D eigenvalue weighted by atomic mass is 35.5. The molecular formula is C26H31ClN4O5. The van der Waals surface area contributed by atoms with Gasteiger partial charge in [0.2, 0.25) is 0 Å². The summed E-state index contributed by atoms with van der Waals surface area (Å²) in [6, 6.07) is 7.18. The van der Waals surface area contributed by atoms with E-state index >= 15 is 0 Å². The number of ether oxygens (including phenoxy) is 3. The minimum Gasteiger partial charge on any atom is -0.493 e. The molecule has 3 heterocycles. The maximum Gasteiger partial charge on any atom is 0.255 e. The van der Waals surface area contributed by atoms with Crippen molar-refractivity contribution in [3.63, 3.8) is 0 Å². The Morgan fingerprint density at radius 1 is 1.28 bits per heavy atom. The fourth-order valence-electron chi connectivity index (χ4n) is 4.16. The summed E-state index contributed by atoms with van der Waals surface area (Å²) in [5.41, 5.74) is 3.21. The molecule has 0 saturated heterocycles. The summed E-state index contributed by atoms with van der Waals surface area (Å²) in [4.78, 5) is 20.8. The maximum absolute atomic E-state index is 13.1. The number of aromatic amines is 1. The first kappa shape index (κ1) is 25.8. The molecule has 9 nitrogen and oxygen atoms in total. The summed E-state index contributed by atoms with van der Waals surface area (Å²) in [6.07, 6.45) is 3.79. The minimum absolute atomic E-state index is 0.00503. The lowest BCUT2D eigenvalue weighted by molar-refractivity contribution is -0.0146. The lowest BCUT2D eigenvalue weighted by Gasteiger charge is -2.23. The van der Waals surface area contributed by atoms with E-state index in [2.05, 4.69) is 20.6 Å². The van der Waals surface area contributed by atoms with Gasteiger partial charge in [0, 0.05) is 43.6 Å². The molecule has 3 aromatic rings. The van der Waals surface area contributed by atoms with E-state index in [1.165, 1.54) is 7.11 Å². The van der Waals surface area contributed by atoms with Crippen LogP contribution in [0.1, 0.15) is 42.2 Å². The predicted molar refractivity (Wildman–Crippen MR) is 139 cm³/mol. The largest absolute Gasteiger partial charge is 0.493 e. The molecule has 1 aliphatic heterocycles. The van der Waals surface area contributed by atoms with Crippen molar-refractivity contribution in [2.24, 2.45) is 0 Å². The first-order valence-corrected chi connectivity index (χ1v) is 12.0. The fraction of sp³-hybridized carbons (Fsp3) is 0.385. The van der Waals surface area contributed by atoms with Crippen LogP contribution in [0.2, 0.25) is 5.02 Å². The Hall–Kier alpha value is -3.27. The van der Waals surface area contributed by atoms with Crippen LogP contribution in [-0.4, -0.2) is 60.6 Å². The highest BCUT2D eigenvalue weighted by Crippen LogP contribution is 2.44. The van der Waals surface area contributed by atoms with Crippen molar-refractivity contribution in [1.29, 1.82) is 0 Å². The van der Waals surface area contributed by atoms with Gasteiger partial charge in [0.05, 0.1) is 46.6 Å². The van der Waals surface area contributed by atoms with Crippen LogP contribution < -0.4 is 20.1 Å². The predicted octanol–water partition coefficient (Wildman–Crippen LogP) is 4.50. The number of para-hydroxylation sites is 1. The highest BCUT2D eigenvalue weighted by Gasteiger charge is 2.33. The standard InChI is InChI=1S/C26H31ClN4O5/c1-26(2,35-4)14-36-19-13-28-10-8-16(19)22-23(30-18-7-5-6-17(27)24(18)34-3)20-21(31-22)15(9-11-32)12-29-25(20)33/h5-8,10,13,15,30-32H,9,11-12,14H2,1-4H3,(H,29,33). The van der Waals surface area contributed by atoms with Crippen LogP contribution in [-0.2, 0) is 4.74 Å². The smallest absolute Gasteiger partial charge is 0.255 e. The highest BCUT2D eigenvalue weighted by molar-refractivity contribution is 6.32. The molecule has 1 aromatic carbocycles. The van der Waals surface area contributed by atoms with Crippen molar-refractivity contribution in [1.82, 2.24) is 15.3 Å². The number of aliphatic hydroxyl groups excluding tert-OH is 1. The van der Waals surface area contributed by atoms with E-state index in [-0.39, 0.29) is 18.4 Å². The molecule has 0 bridgehead atoms. The van der Waals surface area contributed by atoms with Gasteiger partial charge >= 0.3 is 0 Å². The third kappa shape index (κ3) is 5.13. The van der Waals surface area contributed by atoms with Gasteiger partial charge in [-0.1, -0.05) is 17.7 Å². The third-order valence-corrected chi connectivity index (χ3v) is 6.56. The van der Waals surface area contributed by atoms with Gasteiger partial charge in [-0.05, 0) is 38.5 Å². The molecule has 1 atom stereocenters. The number of anilines is 2. The van der Waals surface area contributed by atoms with Crippen LogP contribution >= 0.6 is 11.6 Å². The number of aromatic nitrogens is 2. The Labute approximate surface area is 215 Å². The monoisotopic (exact) mass is 514 g/mol. The summed E-state index contributed by atoms with van der Waals surface area (Å²) in [5, 5.41) is 16.4. The van der Waals surface area contributed by atoms with Gasteiger partial charge in [-0.3, -0.25) is 9.78 Å². The first-order chi connectivity index (χ1) is 17.3. The quantitative estimate of drug-likeness (QED) is 0.315. The van der Waals surface area contributed by atoms with Gasteiger partial charge in [-0.2, -0.15) is 0 Å². The number of benzene rings is 1. The summed E-state index contributed by atoms with van der Waals surface area (Å²) >= 11 is 6.37. The SMILES string of the molecule is COc1c(Cl)cccc1Nc1c(-c2ccncc2OCC(C)(C)OC)[nH]c2c1C(=O)NCC2CCO. The van der Waals surface area contributed by atoms with Crippen molar-refractivity contribution in [3.8, 4) is 22.8 Å². The van der Waals surface area contributed by atoms with Gasteiger partial charge in [0.15, 0.2) is 5.75 Å². The van der Waals surface area contributed by atoms with Gasteiger partial charge in [0.25, 0.3) is 5.91 Å². The summed E-state index contributed by atoms with van der Waals surface area (Å²) < 4.78 is 17.2. The number of carbonyl (C=O) groups excluding carboxylic acids is 1. The Bertz CT molecular complexity index is 1240. The number of nitrogens with zero attached hydrogens (tertiary/aromatic N) is 1. The lowest BCUT2D eigenvalue weighted by atomic mass is 9.94. The molecule has 36 heavy (non-hydrogen) atoms. The molecule has 0 radical (unpaired) electrons. The number of H-pyrrole nitrogens is 1. The number of methoxy groups -OCH3 is 2. The zero-order valence-electron chi connectivity index (χ0n) is 20.8. The molecule has 4 rings (SSSR count). The number of amides is 1. The van der Waals surface area contributed by atoms with E-state index in [1.807, 2.05) is 26.0 Å². The van der Waals surface area contributed by atoms with E-state index in [9.17, 15) is 9.90 Å². The number of rotatable bonds is 10. The minimum atomic E-state index is -0.510. The Balaban J connectivity index is 1.88. The number of carbonyl (C=O) groups is 1. The number of fused-ring (bicyclic) bond motifs is 1. The Morgan fingerprint density at radius 2 is 2.08 bits per heavy atom. The zero-order chi connectivity index (χ0) is 25.9.